The first-order valence-electron chi connectivity index (χ1n) is 10.8. The fourth-order valence-electron chi connectivity index (χ4n) is 5.13. The van der Waals surface area contributed by atoms with Crippen molar-refractivity contribution in [1.82, 2.24) is 14.9 Å². The molecule has 1 aliphatic heterocycles. The van der Waals surface area contributed by atoms with Crippen molar-refractivity contribution in [2.24, 2.45) is 0 Å². The van der Waals surface area contributed by atoms with Gasteiger partial charge in [0.05, 0.1) is 18.6 Å². The number of hydrogen-bond donors (Lipinski definition) is 1. The van der Waals surface area contributed by atoms with E-state index in [0.717, 1.165) is 43.4 Å². The number of nitrogens with one attached hydrogen (secondary N) is 1. The summed E-state index contributed by atoms with van der Waals surface area (Å²) in [5.41, 5.74) is 1.48. The number of halogens is 1. The molecule has 3 heterocycles. The minimum absolute atomic E-state index is 0.369. The maximum absolute atomic E-state index is 6.29. The van der Waals surface area contributed by atoms with Gasteiger partial charge in [0.25, 0.3) is 0 Å². The number of anilines is 1. The van der Waals surface area contributed by atoms with Gasteiger partial charge in [-0.1, -0.05) is 6.42 Å². The molecule has 0 aromatic carbocycles. The SMILES string of the molecule is Clc1nc(N[C@H]2CC[C@H](N3CCOCC3)CC2)c2c3c(sc2n1)CCCCC3. The zero-order valence-corrected chi connectivity index (χ0v) is 18.0. The number of fused-ring (bicyclic) bond motifs is 3. The summed E-state index contributed by atoms with van der Waals surface area (Å²) in [5, 5.41) is 5.39. The zero-order chi connectivity index (χ0) is 18.9. The fraction of sp³-hybridized carbons (Fsp3) is 0.714. The van der Waals surface area contributed by atoms with E-state index in [1.165, 1.54) is 67.2 Å². The summed E-state index contributed by atoms with van der Waals surface area (Å²) < 4.78 is 5.51. The number of rotatable bonds is 3. The first-order valence-corrected chi connectivity index (χ1v) is 12.0. The molecule has 0 spiro atoms. The summed E-state index contributed by atoms with van der Waals surface area (Å²) >= 11 is 8.12. The predicted octanol–water partition coefficient (Wildman–Crippen LogP) is 4.67. The van der Waals surface area contributed by atoms with Gasteiger partial charge in [0, 0.05) is 30.1 Å². The van der Waals surface area contributed by atoms with Crippen LogP contribution in [0.1, 0.15) is 55.4 Å². The lowest BCUT2D eigenvalue weighted by Crippen LogP contribution is -2.46. The number of ether oxygens (including phenoxy) is 1. The maximum Gasteiger partial charge on any atom is 0.225 e. The molecule has 0 atom stereocenters. The van der Waals surface area contributed by atoms with Crippen molar-refractivity contribution in [3.63, 3.8) is 0 Å². The van der Waals surface area contributed by atoms with E-state index in [1.807, 2.05) is 11.3 Å². The second-order valence-electron chi connectivity index (χ2n) is 8.38. The van der Waals surface area contributed by atoms with Crippen LogP contribution >= 0.6 is 22.9 Å². The Balaban J connectivity index is 1.33. The lowest BCUT2D eigenvalue weighted by Gasteiger charge is -2.39. The molecule has 0 bridgehead atoms. The van der Waals surface area contributed by atoms with Crippen LogP contribution in [0.4, 0.5) is 5.82 Å². The summed E-state index contributed by atoms with van der Waals surface area (Å²) in [4.78, 5) is 14.4. The van der Waals surface area contributed by atoms with Crippen LogP contribution in [0.25, 0.3) is 10.2 Å². The highest BCUT2D eigenvalue weighted by Crippen LogP contribution is 2.39. The normalized spacial score (nSPS) is 26.8. The summed E-state index contributed by atoms with van der Waals surface area (Å²) in [6.45, 7) is 3.95. The van der Waals surface area contributed by atoms with Gasteiger partial charge in [-0.25, -0.2) is 9.97 Å². The lowest BCUT2D eigenvalue weighted by atomic mass is 9.90. The lowest BCUT2D eigenvalue weighted by molar-refractivity contribution is 0.00791. The van der Waals surface area contributed by atoms with Gasteiger partial charge in [-0.2, -0.15) is 0 Å². The Labute approximate surface area is 175 Å². The highest BCUT2D eigenvalue weighted by Gasteiger charge is 2.28. The molecule has 2 aliphatic carbocycles. The monoisotopic (exact) mass is 420 g/mol. The van der Waals surface area contributed by atoms with Crippen molar-refractivity contribution in [3.8, 4) is 0 Å². The Kier molecular flexibility index (Phi) is 5.73. The van der Waals surface area contributed by atoms with Gasteiger partial charge < -0.3 is 10.1 Å². The van der Waals surface area contributed by atoms with Gasteiger partial charge >= 0.3 is 0 Å². The first kappa shape index (κ1) is 19.0. The van der Waals surface area contributed by atoms with Crippen molar-refractivity contribution >= 4 is 39.0 Å². The van der Waals surface area contributed by atoms with Gasteiger partial charge in [-0.3, -0.25) is 4.90 Å². The van der Waals surface area contributed by atoms with Crippen LogP contribution in [-0.2, 0) is 17.6 Å². The first-order chi connectivity index (χ1) is 13.8. The second kappa shape index (κ2) is 8.42. The van der Waals surface area contributed by atoms with E-state index >= 15 is 0 Å². The average Bonchev–Trinajstić information content (AvgIpc) is 2.90. The largest absolute Gasteiger partial charge is 0.379 e. The van der Waals surface area contributed by atoms with Crippen molar-refractivity contribution in [2.45, 2.75) is 69.9 Å². The van der Waals surface area contributed by atoms with E-state index in [0.29, 0.717) is 17.4 Å². The smallest absolute Gasteiger partial charge is 0.225 e. The molecule has 0 unspecified atom stereocenters. The maximum atomic E-state index is 6.29. The average molecular weight is 421 g/mol. The van der Waals surface area contributed by atoms with E-state index in [2.05, 4.69) is 20.2 Å². The third-order valence-electron chi connectivity index (χ3n) is 6.64. The molecule has 0 amide bonds. The molecule has 28 heavy (non-hydrogen) atoms. The van der Waals surface area contributed by atoms with Crippen LogP contribution in [0, 0.1) is 0 Å². The molecule has 1 saturated carbocycles. The highest BCUT2D eigenvalue weighted by atomic mass is 35.5. The molecule has 0 radical (unpaired) electrons. The second-order valence-corrected chi connectivity index (χ2v) is 9.81. The number of hydrogen-bond acceptors (Lipinski definition) is 6. The van der Waals surface area contributed by atoms with Crippen molar-refractivity contribution in [2.75, 3.05) is 31.6 Å². The van der Waals surface area contributed by atoms with Crippen LogP contribution in [-0.4, -0.2) is 53.3 Å². The van der Waals surface area contributed by atoms with Crippen LogP contribution in [0.15, 0.2) is 0 Å². The Morgan fingerprint density at radius 1 is 1.00 bits per heavy atom. The summed E-state index contributed by atoms with van der Waals surface area (Å²) in [6, 6.07) is 1.20. The number of thiophene rings is 1. The Bertz CT molecular complexity index is 827. The van der Waals surface area contributed by atoms with Crippen LogP contribution < -0.4 is 5.32 Å². The fourth-order valence-corrected chi connectivity index (χ4v) is 6.61. The number of nitrogens with zero attached hydrogens (tertiary/aromatic N) is 3. The Morgan fingerprint density at radius 2 is 1.79 bits per heavy atom. The summed E-state index contributed by atoms with van der Waals surface area (Å²) in [6.07, 6.45) is 11.1. The highest BCUT2D eigenvalue weighted by molar-refractivity contribution is 7.19. The van der Waals surface area contributed by atoms with E-state index in [9.17, 15) is 0 Å². The number of morpholine rings is 1. The minimum Gasteiger partial charge on any atom is -0.379 e. The van der Waals surface area contributed by atoms with Gasteiger partial charge in [0.1, 0.15) is 10.6 Å². The summed E-state index contributed by atoms with van der Waals surface area (Å²) in [5.74, 6) is 0.976. The zero-order valence-electron chi connectivity index (χ0n) is 16.4. The molecule has 5 nitrogen and oxygen atoms in total. The molecule has 7 heteroatoms. The molecular weight excluding hydrogens is 392 g/mol. The van der Waals surface area contributed by atoms with Crippen LogP contribution in [0.5, 0.6) is 0 Å². The summed E-state index contributed by atoms with van der Waals surface area (Å²) in [7, 11) is 0. The molecule has 2 aromatic rings. The molecule has 1 saturated heterocycles. The molecule has 5 rings (SSSR count). The Hall–Kier alpha value is -0.950. The third kappa shape index (κ3) is 3.89. The van der Waals surface area contributed by atoms with Gasteiger partial charge in [0.2, 0.25) is 5.28 Å². The minimum atomic E-state index is 0.369. The van der Waals surface area contributed by atoms with Gasteiger partial charge in [-0.15, -0.1) is 11.3 Å². The molecule has 152 valence electrons. The molecule has 2 aromatic heterocycles. The predicted molar refractivity (Wildman–Crippen MR) is 116 cm³/mol. The van der Waals surface area contributed by atoms with Gasteiger partial charge in [-0.05, 0) is 68.5 Å². The van der Waals surface area contributed by atoms with E-state index in [4.69, 9.17) is 16.3 Å². The Morgan fingerprint density at radius 3 is 2.61 bits per heavy atom. The van der Waals surface area contributed by atoms with Crippen molar-refractivity contribution in [1.29, 1.82) is 0 Å². The molecule has 3 aliphatic rings. The van der Waals surface area contributed by atoms with Crippen LogP contribution in [0.2, 0.25) is 5.28 Å². The van der Waals surface area contributed by atoms with E-state index in [-0.39, 0.29) is 0 Å². The van der Waals surface area contributed by atoms with Gasteiger partial charge in [0.15, 0.2) is 0 Å². The quantitative estimate of drug-likeness (QED) is 0.577. The van der Waals surface area contributed by atoms with E-state index in [1.54, 1.807) is 0 Å². The third-order valence-corrected chi connectivity index (χ3v) is 7.99. The number of aryl methyl sites for hydroxylation is 2. The standard InChI is InChI=1S/C21H29ClN4OS/c22-21-24-19(18-16-4-2-1-3-5-17(16)28-20(18)25-21)23-14-6-8-15(9-7-14)26-10-12-27-13-11-26/h14-15H,1-13H2,(H,23,24,25)/t14-,15-. The molecular formula is C21H29ClN4OS. The molecule has 1 N–H and O–H groups in total. The van der Waals surface area contributed by atoms with E-state index < -0.39 is 0 Å². The van der Waals surface area contributed by atoms with Crippen LogP contribution in [0.3, 0.4) is 0 Å². The van der Waals surface area contributed by atoms with Crippen molar-refractivity contribution < 1.29 is 4.74 Å². The van der Waals surface area contributed by atoms with Crippen molar-refractivity contribution in [3.05, 3.63) is 15.7 Å². The molecule has 2 fully saturated rings. The topological polar surface area (TPSA) is 50.3 Å². The number of aromatic nitrogens is 2.